The summed E-state index contributed by atoms with van der Waals surface area (Å²) >= 11 is 0. The summed E-state index contributed by atoms with van der Waals surface area (Å²) < 4.78 is 5.48. The maximum absolute atomic E-state index is 9.48. The van der Waals surface area contributed by atoms with Gasteiger partial charge in [-0.3, -0.25) is 4.90 Å². The highest BCUT2D eigenvalue weighted by Gasteiger charge is 2.39. The first-order chi connectivity index (χ1) is 7.79. The van der Waals surface area contributed by atoms with Gasteiger partial charge in [0.2, 0.25) is 0 Å². The molecule has 16 heavy (non-hydrogen) atoms. The number of ether oxygens (including phenoxy) is 1. The van der Waals surface area contributed by atoms with Crippen LogP contribution in [0, 0.1) is 0 Å². The molecule has 2 aliphatic rings. The fourth-order valence-electron chi connectivity index (χ4n) is 2.99. The van der Waals surface area contributed by atoms with Crippen molar-refractivity contribution >= 4 is 0 Å². The quantitative estimate of drug-likeness (QED) is 0.725. The van der Waals surface area contributed by atoms with Gasteiger partial charge in [0, 0.05) is 31.3 Å². The first-order valence-electron chi connectivity index (χ1n) is 6.41. The molecule has 0 aromatic carbocycles. The fourth-order valence-corrected chi connectivity index (χ4v) is 2.99. The molecular formula is C12H24N2O2. The van der Waals surface area contributed by atoms with Gasteiger partial charge in [-0.25, -0.2) is 0 Å². The largest absolute Gasteiger partial charge is 0.394 e. The lowest BCUT2D eigenvalue weighted by Gasteiger charge is -2.30. The first-order valence-corrected chi connectivity index (χ1v) is 6.41. The minimum atomic E-state index is -0.0299. The van der Waals surface area contributed by atoms with E-state index < -0.39 is 0 Å². The standard InChI is InChI=1S/C12H24N2O2/c1-13-12(10-15)4-3-11(9-12)14-5-2-7-16-8-6-14/h11,13,15H,2-10H2,1H3. The lowest BCUT2D eigenvalue weighted by Crippen LogP contribution is -2.46. The Bertz CT molecular complexity index is 211. The molecule has 0 aromatic rings. The average molecular weight is 228 g/mol. The van der Waals surface area contributed by atoms with Crippen molar-refractivity contribution in [3.05, 3.63) is 0 Å². The monoisotopic (exact) mass is 228 g/mol. The molecule has 1 heterocycles. The number of nitrogens with one attached hydrogen (secondary N) is 1. The molecule has 1 saturated heterocycles. The molecule has 2 rings (SSSR count). The van der Waals surface area contributed by atoms with E-state index in [-0.39, 0.29) is 12.1 Å². The number of nitrogens with zero attached hydrogens (tertiary/aromatic N) is 1. The van der Waals surface area contributed by atoms with Crippen LogP contribution in [0.1, 0.15) is 25.7 Å². The van der Waals surface area contributed by atoms with E-state index >= 15 is 0 Å². The second-order valence-electron chi connectivity index (χ2n) is 5.09. The number of aliphatic hydroxyl groups excluding tert-OH is 1. The van der Waals surface area contributed by atoms with Crippen LogP contribution in [-0.2, 0) is 4.74 Å². The van der Waals surface area contributed by atoms with Crippen molar-refractivity contribution < 1.29 is 9.84 Å². The van der Waals surface area contributed by atoms with Gasteiger partial charge in [-0.1, -0.05) is 0 Å². The molecule has 2 unspecified atom stereocenters. The molecule has 2 atom stereocenters. The topological polar surface area (TPSA) is 44.7 Å². The molecular weight excluding hydrogens is 204 g/mol. The number of rotatable bonds is 3. The second-order valence-corrected chi connectivity index (χ2v) is 5.09. The Morgan fingerprint density at radius 3 is 3.00 bits per heavy atom. The van der Waals surface area contributed by atoms with Crippen molar-refractivity contribution in [1.29, 1.82) is 0 Å². The van der Waals surface area contributed by atoms with Crippen LogP contribution in [-0.4, -0.2) is 61.5 Å². The average Bonchev–Trinajstić information content (AvgIpc) is 2.57. The minimum Gasteiger partial charge on any atom is -0.394 e. The number of hydrogen-bond acceptors (Lipinski definition) is 4. The van der Waals surface area contributed by atoms with E-state index in [1.54, 1.807) is 0 Å². The molecule has 1 aliphatic heterocycles. The molecule has 1 aliphatic carbocycles. The summed E-state index contributed by atoms with van der Waals surface area (Å²) in [6.45, 7) is 4.22. The lowest BCUT2D eigenvalue weighted by atomic mass is 9.99. The Hall–Kier alpha value is -0.160. The summed E-state index contributed by atoms with van der Waals surface area (Å²) in [4.78, 5) is 2.54. The zero-order chi connectivity index (χ0) is 11.4. The summed E-state index contributed by atoms with van der Waals surface area (Å²) in [5.41, 5.74) is -0.0299. The van der Waals surface area contributed by atoms with E-state index in [0.717, 1.165) is 45.6 Å². The summed E-state index contributed by atoms with van der Waals surface area (Å²) in [5.74, 6) is 0. The van der Waals surface area contributed by atoms with Crippen molar-refractivity contribution in [3.63, 3.8) is 0 Å². The van der Waals surface area contributed by atoms with E-state index in [1.165, 1.54) is 6.42 Å². The minimum absolute atomic E-state index is 0.0299. The molecule has 0 radical (unpaired) electrons. The third-order valence-electron chi connectivity index (χ3n) is 4.19. The third kappa shape index (κ3) is 2.56. The van der Waals surface area contributed by atoms with Gasteiger partial charge in [-0.2, -0.15) is 0 Å². The number of likely N-dealkylation sites (N-methyl/N-ethyl adjacent to an activating group) is 1. The van der Waals surface area contributed by atoms with Crippen molar-refractivity contribution in [1.82, 2.24) is 10.2 Å². The van der Waals surface area contributed by atoms with E-state index in [1.807, 2.05) is 7.05 Å². The summed E-state index contributed by atoms with van der Waals surface area (Å²) in [7, 11) is 1.96. The lowest BCUT2D eigenvalue weighted by molar-refractivity contribution is 0.125. The number of hydrogen-bond donors (Lipinski definition) is 2. The van der Waals surface area contributed by atoms with E-state index in [9.17, 15) is 5.11 Å². The zero-order valence-electron chi connectivity index (χ0n) is 10.2. The van der Waals surface area contributed by atoms with Gasteiger partial charge in [0.1, 0.15) is 0 Å². The molecule has 1 saturated carbocycles. The van der Waals surface area contributed by atoms with Gasteiger partial charge < -0.3 is 15.2 Å². The van der Waals surface area contributed by atoms with Gasteiger partial charge in [-0.15, -0.1) is 0 Å². The van der Waals surface area contributed by atoms with Crippen LogP contribution in [0.5, 0.6) is 0 Å². The Kier molecular flexibility index (Phi) is 4.19. The van der Waals surface area contributed by atoms with Crippen LogP contribution >= 0.6 is 0 Å². The first kappa shape index (κ1) is 12.3. The highest BCUT2D eigenvalue weighted by Crippen LogP contribution is 2.32. The van der Waals surface area contributed by atoms with Crippen molar-refractivity contribution in [2.45, 2.75) is 37.3 Å². The van der Waals surface area contributed by atoms with Gasteiger partial charge in [0.25, 0.3) is 0 Å². The van der Waals surface area contributed by atoms with Gasteiger partial charge in [0.05, 0.1) is 13.2 Å². The van der Waals surface area contributed by atoms with Crippen molar-refractivity contribution in [3.8, 4) is 0 Å². The van der Waals surface area contributed by atoms with Crippen LogP contribution in [0.25, 0.3) is 0 Å². The van der Waals surface area contributed by atoms with Crippen LogP contribution in [0.2, 0.25) is 0 Å². The molecule has 0 aromatic heterocycles. The molecule has 2 fully saturated rings. The molecule has 4 heteroatoms. The highest BCUT2D eigenvalue weighted by atomic mass is 16.5. The number of aliphatic hydroxyl groups is 1. The third-order valence-corrected chi connectivity index (χ3v) is 4.19. The SMILES string of the molecule is CNC1(CO)CCC(N2CCCOCC2)C1. The highest BCUT2D eigenvalue weighted by molar-refractivity contribution is 4.98. The Morgan fingerprint density at radius 1 is 1.44 bits per heavy atom. The molecule has 0 bridgehead atoms. The Balaban J connectivity index is 1.91. The normalized spacial score (nSPS) is 37.5. The fraction of sp³-hybridized carbons (Fsp3) is 1.00. The smallest absolute Gasteiger partial charge is 0.0613 e. The Morgan fingerprint density at radius 2 is 2.31 bits per heavy atom. The predicted molar refractivity (Wildman–Crippen MR) is 63.5 cm³/mol. The molecule has 94 valence electrons. The van der Waals surface area contributed by atoms with Crippen LogP contribution in [0.3, 0.4) is 0 Å². The summed E-state index contributed by atoms with van der Waals surface area (Å²) in [6, 6.07) is 0.626. The van der Waals surface area contributed by atoms with Crippen molar-refractivity contribution in [2.24, 2.45) is 0 Å². The summed E-state index contributed by atoms with van der Waals surface area (Å²) in [5, 5.41) is 12.8. The van der Waals surface area contributed by atoms with E-state index in [2.05, 4.69) is 10.2 Å². The van der Waals surface area contributed by atoms with E-state index in [4.69, 9.17) is 4.74 Å². The van der Waals surface area contributed by atoms with Crippen LogP contribution in [0.4, 0.5) is 0 Å². The van der Waals surface area contributed by atoms with Gasteiger partial charge in [0.15, 0.2) is 0 Å². The zero-order valence-corrected chi connectivity index (χ0v) is 10.2. The Labute approximate surface area is 98.0 Å². The van der Waals surface area contributed by atoms with E-state index in [0.29, 0.717) is 6.04 Å². The molecule has 0 amide bonds. The maximum atomic E-state index is 9.48. The van der Waals surface area contributed by atoms with Crippen molar-refractivity contribution in [2.75, 3.05) is 40.0 Å². The maximum Gasteiger partial charge on any atom is 0.0613 e. The van der Waals surface area contributed by atoms with Crippen LogP contribution < -0.4 is 5.32 Å². The van der Waals surface area contributed by atoms with Gasteiger partial charge >= 0.3 is 0 Å². The summed E-state index contributed by atoms with van der Waals surface area (Å²) in [6.07, 6.45) is 4.49. The molecule has 0 spiro atoms. The van der Waals surface area contributed by atoms with Crippen LogP contribution in [0.15, 0.2) is 0 Å². The molecule has 2 N–H and O–H groups in total. The van der Waals surface area contributed by atoms with Gasteiger partial charge in [-0.05, 0) is 32.7 Å². The second kappa shape index (κ2) is 5.45. The predicted octanol–water partition coefficient (Wildman–Crippen LogP) is 0.212. The molecule has 4 nitrogen and oxygen atoms in total.